The average Bonchev–Trinajstić information content (AvgIpc) is 2.52. The van der Waals surface area contributed by atoms with Crippen molar-refractivity contribution in [1.29, 1.82) is 0 Å². The SMILES string of the molecule is COOCCC1CCCCc2ccc(O)cc21. The molecule has 0 fully saturated rings. The van der Waals surface area contributed by atoms with E-state index in [4.69, 9.17) is 4.89 Å². The first-order chi connectivity index (χ1) is 8.31. The van der Waals surface area contributed by atoms with Crippen molar-refractivity contribution in [3.63, 3.8) is 0 Å². The second-order valence-corrected chi connectivity index (χ2v) is 4.60. The number of aromatic hydroxyl groups is 1. The molecule has 1 N–H and O–H groups in total. The summed E-state index contributed by atoms with van der Waals surface area (Å²) in [4.78, 5) is 9.59. The van der Waals surface area contributed by atoms with E-state index in [1.54, 1.807) is 6.07 Å². The average molecular weight is 236 g/mol. The van der Waals surface area contributed by atoms with Crippen molar-refractivity contribution in [1.82, 2.24) is 0 Å². The molecule has 1 atom stereocenters. The van der Waals surface area contributed by atoms with Crippen LogP contribution >= 0.6 is 0 Å². The van der Waals surface area contributed by atoms with Crippen LogP contribution in [0.3, 0.4) is 0 Å². The fourth-order valence-electron chi connectivity index (χ4n) is 2.63. The van der Waals surface area contributed by atoms with Gasteiger partial charge in [0.15, 0.2) is 0 Å². The molecule has 3 heteroatoms. The second-order valence-electron chi connectivity index (χ2n) is 4.60. The maximum Gasteiger partial charge on any atom is 0.115 e. The molecule has 0 heterocycles. The number of benzene rings is 1. The van der Waals surface area contributed by atoms with Crippen molar-refractivity contribution >= 4 is 0 Å². The van der Waals surface area contributed by atoms with Gasteiger partial charge in [0.1, 0.15) is 5.75 Å². The Morgan fingerprint density at radius 1 is 1.35 bits per heavy atom. The van der Waals surface area contributed by atoms with Crippen molar-refractivity contribution in [3.05, 3.63) is 29.3 Å². The van der Waals surface area contributed by atoms with Gasteiger partial charge in [0, 0.05) is 0 Å². The third-order valence-corrected chi connectivity index (χ3v) is 3.49. The molecule has 0 saturated carbocycles. The van der Waals surface area contributed by atoms with Crippen LogP contribution in [-0.4, -0.2) is 18.8 Å². The van der Waals surface area contributed by atoms with E-state index in [2.05, 4.69) is 11.0 Å². The number of rotatable bonds is 4. The summed E-state index contributed by atoms with van der Waals surface area (Å²) in [5.74, 6) is 0.845. The highest BCUT2D eigenvalue weighted by molar-refractivity contribution is 5.38. The largest absolute Gasteiger partial charge is 0.508 e. The van der Waals surface area contributed by atoms with E-state index in [0.717, 1.165) is 12.8 Å². The molecule has 1 aliphatic rings. The van der Waals surface area contributed by atoms with E-state index in [9.17, 15) is 5.11 Å². The minimum atomic E-state index is 0.364. The molecule has 0 radical (unpaired) electrons. The smallest absolute Gasteiger partial charge is 0.115 e. The van der Waals surface area contributed by atoms with Gasteiger partial charge in [-0.3, -0.25) is 0 Å². The summed E-state index contributed by atoms with van der Waals surface area (Å²) in [6.07, 6.45) is 5.72. The van der Waals surface area contributed by atoms with Gasteiger partial charge in [0.05, 0.1) is 13.7 Å². The Labute approximate surface area is 102 Å². The predicted molar refractivity (Wildman–Crippen MR) is 66.0 cm³/mol. The highest BCUT2D eigenvalue weighted by Gasteiger charge is 2.19. The predicted octanol–water partition coefficient (Wildman–Crippen LogP) is 3.17. The van der Waals surface area contributed by atoms with Crippen LogP contribution in [0.1, 0.15) is 42.7 Å². The number of aryl methyl sites for hydroxylation is 1. The Morgan fingerprint density at radius 3 is 3.06 bits per heavy atom. The topological polar surface area (TPSA) is 38.7 Å². The van der Waals surface area contributed by atoms with E-state index in [1.165, 1.54) is 37.5 Å². The first kappa shape index (κ1) is 12.4. The quantitative estimate of drug-likeness (QED) is 0.378. The van der Waals surface area contributed by atoms with Gasteiger partial charge >= 0.3 is 0 Å². The molecular weight excluding hydrogens is 216 g/mol. The van der Waals surface area contributed by atoms with Crippen LogP contribution in [0.5, 0.6) is 5.75 Å². The third-order valence-electron chi connectivity index (χ3n) is 3.49. The molecule has 2 rings (SSSR count). The molecule has 0 saturated heterocycles. The third kappa shape index (κ3) is 3.20. The highest BCUT2D eigenvalue weighted by atomic mass is 17.2. The van der Waals surface area contributed by atoms with E-state index in [1.807, 2.05) is 6.07 Å². The fourth-order valence-corrected chi connectivity index (χ4v) is 2.63. The number of hydrogen-bond acceptors (Lipinski definition) is 3. The lowest BCUT2D eigenvalue weighted by Crippen LogP contribution is -2.04. The highest BCUT2D eigenvalue weighted by Crippen LogP contribution is 2.34. The first-order valence-electron chi connectivity index (χ1n) is 6.28. The van der Waals surface area contributed by atoms with Gasteiger partial charge in [-0.15, -0.1) is 0 Å². The summed E-state index contributed by atoms with van der Waals surface area (Å²) in [5, 5.41) is 9.61. The van der Waals surface area contributed by atoms with Crippen molar-refractivity contribution in [3.8, 4) is 5.75 Å². The molecule has 0 amide bonds. The molecule has 3 nitrogen and oxygen atoms in total. The van der Waals surface area contributed by atoms with Crippen molar-refractivity contribution in [2.24, 2.45) is 0 Å². The van der Waals surface area contributed by atoms with Crippen molar-refractivity contribution < 1.29 is 14.9 Å². The molecule has 1 aromatic carbocycles. The zero-order chi connectivity index (χ0) is 12.1. The van der Waals surface area contributed by atoms with Gasteiger partial charge in [-0.05, 0) is 54.9 Å². The monoisotopic (exact) mass is 236 g/mol. The summed E-state index contributed by atoms with van der Waals surface area (Å²) < 4.78 is 0. The maximum atomic E-state index is 9.61. The Hall–Kier alpha value is -1.06. The Kier molecular flexibility index (Phi) is 4.40. The molecule has 0 aliphatic heterocycles. The van der Waals surface area contributed by atoms with Crippen molar-refractivity contribution in [2.75, 3.05) is 13.7 Å². The lowest BCUT2D eigenvalue weighted by atomic mass is 9.90. The van der Waals surface area contributed by atoms with Crippen LogP contribution in [0, 0.1) is 0 Å². The van der Waals surface area contributed by atoms with Gasteiger partial charge in [-0.2, -0.15) is 0 Å². The Balaban J connectivity index is 2.13. The standard InChI is InChI=1S/C14H20O3/c1-16-17-9-8-12-5-3-2-4-11-6-7-13(15)10-14(11)12/h6-7,10,12,15H,2-5,8-9H2,1H3. The van der Waals surface area contributed by atoms with E-state index < -0.39 is 0 Å². The Bertz CT molecular complexity index is 362. The molecule has 94 valence electrons. The number of phenolic OH excluding ortho intramolecular Hbond substituents is 1. The molecule has 1 aromatic rings. The van der Waals surface area contributed by atoms with Gasteiger partial charge in [-0.1, -0.05) is 12.5 Å². The van der Waals surface area contributed by atoms with E-state index in [0.29, 0.717) is 18.3 Å². The minimum absolute atomic E-state index is 0.364. The summed E-state index contributed by atoms with van der Waals surface area (Å²) in [6, 6.07) is 5.76. The lowest BCUT2D eigenvalue weighted by Gasteiger charge is -2.17. The second kappa shape index (κ2) is 6.03. The molecule has 1 unspecified atom stereocenters. The van der Waals surface area contributed by atoms with Crippen LogP contribution in [0.4, 0.5) is 0 Å². The van der Waals surface area contributed by atoms with E-state index in [-0.39, 0.29) is 0 Å². The first-order valence-corrected chi connectivity index (χ1v) is 6.28. The van der Waals surface area contributed by atoms with Gasteiger partial charge in [0.2, 0.25) is 0 Å². The van der Waals surface area contributed by atoms with Gasteiger partial charge in [-0.25, -0.2) is 9.78 Å². The van der Waals surface area contributed by atoms with E-state index >= 15 is 0 Å². The molecular formula is C14H20O3. The van der Waals surface area contributed by atoms with Crippen LogP contribution in [0.25, 0.3) is 0 Å². The number of fused-ring (bicyclic) bond motifs is 1. The van der Waals surface area contributed by atoms with Crippen LogP contribution in [0.15, 0.2) is 18.2 Å². The number of hydrogen-bond donors (Lipinski definition) is 1. The fraction of sp³-hybridized carbons (Fsp3) is 0.571. The number of phenols is 1. The Morgan fingerprint density at radius 2 is 2.24 bits per heavy atom. The zero-order valence-electron chi connectivity index (χ0n) is 10.3. The maximum absolute atomic E-state index is 9.61. The molecule has 0 aromatic heterocycles. The normalized spacial score (nSPS) is 19.7. The van der Waals surface area contributed by atoms with Gasteiger partial charge in [0.25, 0.3) is 0 Å². The van der Waals surface area contributed by atoms with Crippen LogP contribution < -0.4 is 0 Å². The molecule has 0 bridgehead atoms. The minimum Gasteiger partial charge on any atom is -0.508 e. The summed E-state index contributed by atoms with van der Waals surface area (Å²) >= 11 is 0. The lowest BCUT2D eigenvalue weighted by molar-refractivity contribution is -0.273. The molecule has 17 heavy (non-hydrogen) atoms. The van der Waals surface area contributed by atoms with Crippen LogP contribution in [0.2, 0.25) is 0 Å². The molecule has 0 spiro atoms. The van der Waals surface area contributed by atoms with Crippen LogP contribution in [-0.2, 0) is 16.2 Å². The summed E-state index contributed by atoms with van der Waals surface area (Å²) in [6.45, 7) is 0.607. The van der Waals surface area contributed by atoms with Gasteiger partial charge < -0.3 is 5.11 Å². The summed E-state index contributed by atoms with van der Waals surface area (Å²) in [5.41, 5.74) is 2.67. The summed E-state index contributed by atoms with van der Waals surface area (Å²) in [7, 11) is 1.53. The zero-order valence-corrected chi connectivity index (χ0v) is 10.3. The molecule has 1 aliphatic carbocycles. The van der Waals surface area contributed by atoms with Crippen molar-refractivity contribution in [2.45, 2.75) is 38.0 Å².